The largest absolute Gasteiger partial charge is 0.475 e. The number of ether oxygens (including phenoxy) is 2. The van der Waals surface area contributed by atoms with Crippen LogP contribution in [0.4, 0.5) is 11.6 Å². The lowest BCUT2D eigenvalue weighted by Crippen LogP contribution is -2.68. The van der Waals surface area contributed by atoms with Gasteiger partial charge in [-0.2, -0.15) is 9.97 Å². The molecule has 21 heteroatoms. The Morgan fingerprint density at radius 2 is 1.18 bits per heavy atom. The lowest BCUT2D eigenvalue weighted by Gasteiger charge is -2.45. The maximum absolute atomic E-state index is 14.9. The minimum absolute atomic E-state index is 0.0462. The van der Waals surface area contributed by atoms with E-state index in [1.54, 1.807) is 80.7 Å². The van der Waals surface area contributed by atoms with Crippen LogP contribution in [0.3, 0.4) is 0 Å². The third-order valence-corrected chi connectivity index (χ3v) is 19.4. The van der Waals surface area contributed by atoms with Gasteiger partial charge in [-0.25, -0.2) is 20.7 Å². The van der Waals surface area contributed by atoms with Gasteiger partial charge in [0.25, 0.3) is 20.1 Å². The zero-order valence-corrected chi connectivity index (χ0v) is 43.4. The van der Waals surface area contributed by atoms with Crippen molar-refractivity contribution >= 4 is 50.0 Å². The van der Waals surface area contributed by atoms with Gasteiger partial charge in [0.15, 0.2) is 0 Å². The molecule has 6 aromatic rings. The summed E-state index contributed by atoms with van der Waals surface area (Å²) in [6.45, 7) is 15.4. The third kappa shape index (κ3) is 11.9. The summed E-state index contributed by atoms with van der Waals surface area (Å²) in [6.07, 6.45) is -3.27. The Balaban J connectivity index is 1.09. The zero-order valence-electron chi connectivity index (χ0n) is 41.5. The van der Waals surface area contributed by atoms with E-state index >= 15 is 0 Å². The van der Waals surface area contributed by atoms with Crippen molar-refractivity contribution in [3.8, 4) is 0 Å². The molecule has 2 aromatic heterocycles. The molecule has 8 rings (SSSR count). The highest BCUT2D eigenvalue weighted by molar-refractivity contribution is 7.48. The standard InChI is InChI=1S/C53H58N7O12PSi/c1-35-31-59(51(64)57-47(35)55-49(62)37-19-11-7-12-20-37)45-29-41(43(33-61)69-45)71-73(66,67-28-27-54-6)68-34-44-42(72-74(53(3,4)5,39-23-15-9-16-24-39)40-25-17-10-18-26-40)30-46(70-44)60-32-36(2)48(58-52(60)65)56-50(63)38-21-13-8-14-22-38/h7-26,31-32,41-46,61H,27-30,33-34H2,1-5H3,(H,55,57,62,64)(H,56,58,63,65)/t41-,42-,43-,44-,45-,46-,73?/m1/s1. The number of aromatic nitrogens is 4. The van der Waals surface area contributed by atoms with Crippen molar-refractivity contribution in [1.82, 2.24) is 19.1 Å². The number of carbonyl (C=O) groups is 2. The molecule has 0 spiro atoms. The van der Waals surface area contributed by atoms with Crippen LogP contribution in [0.2, 0.25) is 5.04 Å². The molecule has 2 amide bonds. The van der Waals surface area contributed by atoms with Crippen molar-refractivity contribution in [2.75, 3.05) is 37.0 Å². The Bertz CT molecular complexity index is 3100. The van der Waals surface area contributed by atoms with Crippen LogP contribution >= 0.6 is 7.82 Å². The Hall–Kier alpha value is -6.76. The summed E-state index contributed by atoms with van der Waals surface area (Å²) in [7, 11) is -8.05. The number of amides is 2. The molecule has 4 aromatic carbocycles. The predicted octanol–water partition coefficient (Wildman–Crippen LogP) is 6.58. The smallest absolute Gasteiger partial charge is 0.402 e. The molecular weight excluding hydrogens is 986 g/mol. The molecule has 0 aliphatic carbocycles. The van der Waals surface area contributed by atoms with Gasteiger partial charge < -0.3 is 34.5 Å². The van der Waals surface area contributed by atoms with E-state index in [0.717, 1.165) is 10.4 Å². The summed E-state index contributed by atoms with van der Waals surface area (Å²) in [6, 6.07) is 36.8. The number of aryl methyl sites for hydroxylation is 2. The minimum Gasteiger partial charge on any atom is -0.402 e. The van der Waals surface area contributed by atoms with E-state index < -0.39 is 94.5 Å². The average Bonchev–Trinajstić information content (AvgIpc) is 4.00. The van der Waals surface area contributed by atoms with E-state index in [1.807, 2.05) is 60.7 Å². The molecule has 3 N–H and O–H groups in total. The highest BCUT2D eigenvalue weighted by Gasteiger charge is 2.54. The number of hydrogen-bond donors (Lipinski definition) is 3. The minimum atomic E-state index is -4.71. The molecule has 2 aliphatic rings. The highest BCUT2D eigenvalue weighted by atomic mass is 31.2. The van der Waals surface area contributed by atoms with E-state index in [-0.39, 0.29) is 37.6 Å². The van der Waals surface area contributed by atoms with Crippen molar-refractivity contribution in [2.24, 2.45) is 0 Å². The number of benzene rings is 4. The maximum Gasteiger partial charge on any atom is 0.475 e. The molecule has 74 heavy (non-hydrogen) atoms. The molecule has 2 saturated heterocycles. The fourth-order valence-electron chi connectivity index (χ4n) is 9.17. The fourth-order valence-corrected chi connectivity index (χ4v) is 15.3. The lowest BCUT2D eigenvalue weighted by molar-refractivity contribution is -0.0586. The van der Waals surface area contributed by atoms with Gasteiger partial charge in [-0.05, 0) is 53.5 Å². The van der Waals surface area contributed by atoms with Gasteiger partial charge in [-0.15, -0.1) is 0 Å². The number of carbonyl (C=O) groups excluding carboxylic acids is 2. The number of nitrogens with zero attached hydrogens (tertiary/aromatic N) is 5. The number of phosphoric ester groups is 1. The van der Waals surface area contributed by atoms with Crippen molar-refractivity contribution < 1.29 is 46.7 Å². The van der Waals surface area contributed by atoms with E-state index in [2.05, 4.69) is 46.2 Å². The number of phosphoric acid groups is 1. The second-order valence-electron chi connectivity index (χ2n) is 18.9. The van der Waals surface area contributed by atoms with Gasteiger partial charge in [0.05, 0.1) is 19.3 Å². The zero-order chi connectivity index (χ0) is 52.6. The fraction of sp³-hybridized carbons (Fsp3) is 0.340. The van der Waals surface area contributed by atoms with Gasteiger partial charge in [0, 0.05) is 47.5 Å². The Morgan fingerprint density at radius 3 is 1.62 bits per heavy atom. The van der Waals surface area contributed by atoms with Crippen LogP contribution in [0.1, 0.15) is 77.9 Å². The third-order valence-electron chi connectivity index (χ3n) is 12.8. The summed E-state index contributed by atoms with van der Waals surface area (Å²) in [5, 5.41) is 17.4. The number of rotatable bonds is 19. The van der Waals surface area contributed by atoms with E-state index in [9.17, 15) is 28.8 Å². The first-order valence-corrected chi connectivity index (χ1v) is 27.4. The second kappa shape index (κ2) is 23.2. The number of anilines is 2. The maximum atomic E-state index is 14.9. The first-order chi connectivity index (χ1) is 35.5. The van der Waals surface area contributed by atoms with Crippen LogP contribution < -0.4 is 32.4 Å². The van der Waals surface area contributed by atoms with Crippen LogP contribution in [0, 0.1) is 20.4 Å². The van der Waals surface area contributed by atoms with E-state index in [0.29, 0.717) is 22.3 Å². The molecule has 0 saturated carbocycles. The van der Waals surface area contributed by atoms with Crippen molar-refractivity contribution in [3.63, 3.8) is 0 Å². The SMILES string of the molecule is [C-]#[N+]CCOP(=O)(OC[C@H]1O[C@@H](n2cc(C)c(NC(=O)c3ccccc3)nc2=O)C[C@H]1O[Si](c1ccccc1)(c1ccccc1)C(C)(C)C)O[C@@H]1C[C@H](n2cc(C)c(NC(=O)c3ccccc3)nc2=O)O[C@@H]1CO. The van der Waals surface area contributed by atoms with Crippen molar-refractivity contribution in [2.45, 2.75) is 89.4 Å². The molecule has 7 atom stereocenters. The Morgan fingerprint density at radius 1 is 0.730 bits per heavy atom. The van der Waals surface area contributed by atoms with E-state index in [1.165, 1.54) is 15.3 Å². The van der Waals surface area contributed by atoms with Crippen LogP contribution in [0.5, 0.6) is 0 Å². The number of hydrogen-bond acceptors (Lipinski definition) is 14. The molecule has 0 radical (unpaired) electrons. The summed E-state index contributed by atoms with van der Waals surface area (Å²) in [5.74, 6) is -0.779. The monoisotopic (exact) mass is 1040 g/mol. The Kier molecular flexibility index (Phi) is 16.8. The summed E-state index contributed by atoms with van der Waals surface area (Å²) >= 11 is 0. The van der Waals surface area contributed by atoms with Gasteiger partial charge in [-0.3, -0.25) is 32.3 Å². The quantitative estimate of drug-likeness (QED) is 0.0337. The summed E-state index contributed by atoms with van der Waals surface area (Å²) < 4.78 is 55.9. The van der Waals surface area contributed by atoms with Gasteiger partial charge in [0.2, 0.25) is 6.54 Å². The highest BCUT2D eigenvalue weighted by Crippen LogP contribution is 2.54. The molecule has 0 bridgehead atoms. The molecule has 2 fully saturated rings. The molecule has 19 nitrogen and oxygen atoms in total. The van der Waals surface area contributed by atoms with E-state index in [4.69, 9.17) is 34.0 Å². The summed E-state index contributed by atoms with van der Waals surface area (Å²) in [5.41, 5.74) is 0.174. The number of aliphatic hydroxyl groups is 1. The molecule has 386 valence electrons. The molecular formula is C53H58N7O12PSi. The molecule has 4 heterocycles. The second-order valence-corrected chi connectivity index (χ2v) is 24.8. The van der Waals surface area contributed by atoms with Crippen LogP contribution in [-0.2, 0) is 32.0 Å². The van der Waals surface area contributed by atoms with Crippen LogP contribution in [0.15, 0.2) is 143 Å². The molecule has 2 aliphatic heterocycles. The number of nitrogens with one attached hydrogen (secondary N) is 2. The topological polar surface area (TPSA) is 225 Å². The van der Waals surface area contributed by atoms with Gasteiger partial charge in [0.1, 0.15) is 49.0 Å². The lowest BCUT2D eigenvalue weighted by atomic mass is 10.2. The van der Waals surface area contributed by atoms with Crippen LogP contribution in [0.25, 0.3) is 4.85 Å². The van der Waals surface area contributed by atoms with Gasteiger partial charge >= 0.3 is 19.2 Å². The van der Waals surface area contributed by atoms with Crippen molar-refractivity contribution in [1.29, 1.82) is 0 Å². The molecule has 1 unspecified atom stereocenters. The number of aliphatic hydroxyl groups excluding tert-OH is 1. The summed E-state index contributed by atoms with van der Waals surface area (Å²) in [4.78, 5) is 65.1. The van der Waals surface area contributed by atoms with Crippen LogP contribution in [-0.4, -0.2) is 95.1 Å². The first-order valence-electron chi connectivity index (χ1n) is 24.1. The van der Waals surface area contributed by atoms with Gasteiger partial charge in [-0.1, -0.05) is 118 Å². The van der Waals surface area contributed by atoms with Crippen molar-refractivity contribution in [3.05, 3.63) is 188 Å². The predicted molar refractivity (Wildman–Crippen MR) is 278 cm³/mol. The normalized spacial score (nSPS) is 20.6. The first kappa shape index (κ1) is 53.5. The average molecular weight is 1040 g/mol. The Labute approximate surface area is 429 Å².